The Kier molecular flexibility index (Phi) is 7.92. The number of ether oxygens (including phenoxy) is 2. The molecule has 7 nitrogen and oxygen atoms in total. The number of nitrogens with zero attached hydrogens (tertiary/aromatic N) is 3. The lowest BCUT2D eigenvalue weighted by molar-refractivity contribution is 0.0991. The number of fused-ring (bicyclic) bond motifs is 1. The fourth-order valence-corrected chi connectivity index (χ4v) is 4.78. The molecule has 0 spiro atoms. The molecule has 0 aliphatic rings. The zero-order chi connectivity index (χ0) is 30.6. The van der Waals surface area contributed by atoms with E-state index in [9.17, 15) is 14.0 Å². The quantitative estimate of drug-likeness (QED) is 0.166. The molecule has 0 amide bonds. The molecular formula is C35H25F2N3O4. The number of carbonyl (C=O) groups is 1. The van der Waals surface area contributed by atoms with Crippen molar-refractivity contribution in [2.75, 3.05) is 0 Å². The number of hydrogen-bond acceptors (Lipinski definition) is 6. The molecule has 44 heavy (non-hydrogen) atoms. The van der Waals surface area contributed by atoms with Crippen LogP contribution in [0.3, 0.4) is 0 Å². The van der Waals surface area contributed by atoms with Crippen LogP contribution in [0.1, 0.15) is 27.2 Å². The standard InChI is InChI=1S/C35H25F2N3O4/c1-22-7-13-28(35(42)40(22)26-11-9-25(36)10-12-26)31(41)18-24-8-14-32(29(37)17-24)44-33-15-16-38-30-19-27(20-39-34(30)33)43-21-23-5-3-2-4-6-23/h2-17,19-20H,18,21H2,1H3. The molecule has 3 aromatic carbocycles. The second kappa shape index (κ2) is 12.3. The first-order valence-electron chi connectivity index (χ1n) is 13.8. The molecule has 0 saturated carbocycles. The number of aryl methyl sites for hydroxylation is 1. The van der Waals surface area contributed by atoms with Crippen LogP contribution in [0.4, 0.5) is 8.78 Å². The highest BCUT2D eigenvalue weighted by atomic mass is 19.1. The Balaban J connectivity index is 1.18. The summed E-state index contributed by atoms with van der Waals surface area (Å²) in [5.41, 5.74) is 2.75. The van der Waals surface area contributed by atoms with Crippen LogP contribution in [0.25, 0.3) is 16.7 Å². The summed E-state index contributed by atoms with van der Waals surface area (Å²) in [6.45, 7) is 2.09. The van der Waals surface area contributed by atoms with E-state index in [0.717, 1.165) is 5.56 Å². The molecule has 6 aromatic rings. The van der Waals surface area contributed by atoms with Gasteiger partial charge in [0.15, 0.2) is 23.1 Å². The first-order valence-corrected chi connectivity index (χ1v) is 13.8. The van der Waals surface area contributed by atoms with Gasteiger partial charge in [0.2, 0.25) is 0 Å². The number of rotatable bonds is 9. The van der Waals surface area contributed by atoms with Crippen LogP contribution in [-0.4, -0.2) is 20.3 Å². The molecule has 9 heteroatoms. The second-order valence-corrected chi connectivity index (χ2v) is 10.1. The molecule has 0 bridgehead atoms. The predicted octanol–water partition coefficient (Wildman–Crippen LogP) is 7.16. The molecule has 0 aliphatic heterocycles. The van der Waals surface area contributed by atoms with Crippen LogP contribution in [0, 0.1) is 18.6 Å². The Morgan fingerprint density at radius 3 is 2.41 bits per heavy atom. The molecule has 0 saturated heterocycles. The van der Waals surface area contributed by atoms with Crippen molar-refractivity contribution < 1.29 is 23.0 Å². The van der Waals surface area contributed by atoms with Crippen molar-refractivity contribution in [2.24, 2.45) is 0 Å². The van der Waals surface area contributed by atoms with E-state index in [1.165, 1.54) is 53.2 Å². The second-order valence-electron chi connectivity index (χ2n) is 10.1. The molecule has 0 aliphatic carbocycles. The molecule has 0 unspecified atom stereocenters. The van der Waals surface area contributed by atoms with Gasteiger partial charge in [0.1, 0.15) is 23.7 Å². The zero-order valence-corrected chi connectivity index (χ0v) is 23.5. The average molecular weight is 590 g/mol. The fraction of sp³-hybridized carbons (Fsp3) is 0.0857. The highest BCUT2D eigenvalue weighted by Crippen LogP contribution is 2.31. The van der Waals surface area contributed by atoms with Gasteiger partial charge < -0.3 is 9.47 Å². The van der Waals surface area contributed by atoms with E-state index in [-0.39, 0.29) is 17.7 Å². The van der Waals surface area contributed by atoms with E-state index in [0.29, 0.717) is 46.1 Å². The van der Waals surface area contributed by atoms with Crippen molar-refractivity contribution in [2.45, 2.75) is 20.0 Å². The lowest BCUT2D eigenvalue weighted by Gasteiger charge is -2.12. The fourth-order valence-electron chi connectivity index (χ4n) is 4.78. The maximum absolute atomic E-state index is 15.2. The number of aromatic nitrogens is 3. The third-order valence-electron chi connectivity index (χ3n) is 7.01. The Hall–Kier alpha value is -5.70. The predicted molar refractivity (Wildman–Crippen MR) is 162 cm³/mol. The Morgan fingerprint density at radius 1 is 0.841 bits per heavy atom. The third kappa shape index (κ3) is 6.07. The summed E-state index contributed by atoms with van der Waals surface area (Å²) < 4.78 is 41.6. The van der Waals surface area contributed by atoms with Gasteiger partial charge in [-0.2, -0.15) is 0 Å². The maximum Gasteiger partial charge on any atom is 0.266 e. The van der Waals surface area contributed by atoms with E-state index < -0.39 is 23.0 Å². The maximum atomic E-state index is 15.2. The van der Waals surface area contributed by atoms with Crippen molar-refractivity contribution in [3.63, 3.8) is 0 Å². The number of Topliss-reactive ketones (excluding diaryl/α,β-unsaturated/α-hetero) is 1. The van der Waals surface area contributed by atoms with Gasteiger partial charge in [-0.15, -0.1) is 0 Å². The van der Waals surface area contributed by atoms with Gasteiger partial charge in [-0.3, -0.25) is 19.1 Å². The highest BCUT2D eigenvalue weighted by molar-refractivity contribution is 5.97. The monoisotopic (exact) mass is 589 g/mol. The molecule has 0 fully saturated rings. The molecule has 3 heterocycles. The molecule has 0 radical (unpaired) electrons. The zero-order valence-electron chi connectivity index (χ0n) is 23.5. The molecule has 218 valence electrons. The Labute approximate surface area is 251 Å². The lowest BCUT2D eigenvalue weighted by atomic mass is 10.0. The summed E-state index contributed by atoms with van der Waals surface area (Å²) in [4.78, 5) is 35.1. The summed E-state index contributed by atoms with van der Waals surface area (Å²) in [6, 6.07) is 25.7. The largest absolute Gasteiger partial charge is 0.487 e. The Bertz CT molecular complexity index is 2040. The molecular weight excluding hydrogens is 564 g/mol. The van der Waals surface area contributed by atoms with Gasteiger partial charge in [0.25, 0.3) is 5.56 Å². The van der Waals surface area contributed by atoms with Crippen LogP contribution in [-0.2, 0) is 13.0 Å². The minimum atomic E-state index is -0.685. The van der Waals surface area contributed by atoms with Crippen molar-refractivity contribution >= 4 is 16.8 Å². The van der Waals surface area contributed by atoms with Crippen LogP contribution >= 0.6 is 0 Å². The summed E-state index contributed by atoms with van der Waals surface area (Å²) >= 11 is 0. The number of benzene rings is 3. The molecule has 0 atom stereocenters. The van der Waals surface area contributed by atoms with Gasteiger partial charge in [0.05, 0.1) is 17.3 Å². The first kappa shape index (κ1) is 28.4. The van der Waals surface area contributed by atoms with E-state index in [2.05, 4.69) is 9.97 Å². The Morgan fingerprint density at radius 2 is 1.64 bits per heavy atom. The van der Waals surface area contributed by atoms with Crippen molar-refractivity contribution in [1.82, 2.24) is 14.5 Å². The minimum absolute atomic E-state index is 0.0536. The van der Waals surface area contributed by atoms with E-state index in [1.807, 2.05) is 30.3 Å². The topological polar surface area (TPSA) is 83.3 Å². The number of ketones is 1. The summed E-state index contributed by atoms with van der Waals surface area (Å²) in [7, 11) is 0. The smallest absolute Gasteiger partial charge is 0.266 e. The SMILES string of the molecule is Cc1ccc(C(=O)Cc2ccc(Oc3ccnc4cc(OCc5ccccc5)cnc34)c(F)c2)c(=O)n1-c1ccc(F)cc1. The van der Waals surface area contributed by atoms with E-state index in [1.54, 1.807) is 37.4 Å². The number of carbonyl (C=O) groups excluding carboxylic acids is 1. The van der Waals surface area contributed by atoms with Gasteiger partial charge >= 0.3 is 0 Å². The molecule has 6 rings (SSSR count). The van der Waals surface area contributed by atoms with Crippen LogP contribution in [0.5, 0.6) is 17.2 Å². The van der Waals surface area contributed by atoms with Crippen molar-refractivity contribution in [3.8, 4) is 22.9 Å². The number of pyridine rings is 3. The lowest BCUT2D eigenvalue weighted by Crippen LogP contribution is -2.27. The summed E-state index contributed by atoms with van der Waals surface area (Å²) in [5.74, 6) is -0.830. The van der Waals surface area contributed by atoms with Crippen LogP contribution < -0.4 is 15.0 Å². The van der Waals surface area contributed by atoms with Gasteiger partial charge in [-0.05, 0) is 66.6 Å². The van der Waals surface area contributed by atoms with E-state index >= 15 is 4.39 Å². The third-order valence-corrected chi connectivity index (χ3v) is 7.01. The normalized spacial score (nSPS) is 11.0. The number of halogens is 2. The minimum Gasteiger partial charge on any atom is -0.487 e. The molecule has 3 aromatic heterocycles. The van der Waals surface area contributed by atoms with Crippen LogP contribution in [0.15, 0.2) is 114 Å². The summed E-state index contributed by atoms with van der Waals surface area (Å²) in [6.07, 6.45) is 2.88. The number of hydrogen-bond donors (Lipinski definition) is 0. The molecule has 0 N–H and O–H groups in total. The van der Waals surface area contributed by atoms with Crippen molar-refractivity contribution in [1.29, 1.82) is 0 Å². The average Bonchev–Trinajstić information content (AvgIpc) is 3.02. The van der Waals surface area contributed by atoms with Gasteiger partial charge in [-0.25, -0.2) is 13.8 Å². The summed E-state index contributed by atoms with van der Waals surface area (Å²) in [5, 5.41) is 0. The highest BCUT2D eigenvalue weighted by Gasteiger charge is 2.17. The van der Waals surface area contributed by atoms with Crippen LogP contribution in [0.2, 0.25) is 0 Å². The van der Waals surface area contributed by atoms with Gasteiger partial charge in [0, 0.05) is 36.1 Å². The van der Waals surface area contributed by atoms with Gasteiger partial charge in [-0.1, -0.05) is 36.4 Å². The van der Waals surface area contributed by atoms with Crippen molar-refractivity contribution in [3.05, 3.63) is 154 Å². The first-order chi connectivity index (χ1) is 21.4. The van der Waals surface area contributed by atoms with E-state index in [4.69, 9.17) is 9.47 Å².